The first-order valence-corrected chi connectivity index (χ1v) is 8.06. The lowest BCUT2D eigenvalue weighted by Gasteiger charge is -2.33. The molecule has 0 saturated carbocycles. The second kappa shape index (κ2) is 7.64. The highest BCUT2D eigenvalue weighted by Crippen LogP contribution is 2.23. The van der Waals surface area contributed by atoms with Gasteiger partial charge >= 0.3 is 5.97 Å². The molecule has 1 unspecified atom stereocenters. The van der Waals surface area contributed by atoms with Crippen molar-refractivity contribution in [3.8, 4) is 0 Å². The van der Waals surface area contributed by atoms with E-state index in [1.54, 1.807) is 11.0 Å². The highest BCUT2D eigenvalue weighted by atomic mass is 16.5. The third kappa shape index (κ3) is 5.02. The van der Waals surface area contributed by atoms with Crippen LogP contribution in [0.25, 0.3) is 0 Å². The summed E-state index contributed by atoms with van der Waals surface area (Å²) in [7, 11) is 1.26. The van der Waals surface area contributed by atoms with Crippen molar-refractivity contribution in [2.75, 3.05) is 32.1 Å². The minimum Gasteiger partial charge on any atom is -0.469 e. The van der Waals surface area contributed by atoms with Crippen molar-refractivity contribution in [1.82, 2.24) is 15.4 Å². The molecule has 0 spiro atoms. The largest absolute Gasteiger partial charge is 0.469 e. The van der Waals surface area contributed by atoms with Crippen LogP contribution in [0.1, 0.15) is 32.9 Å². The SMILES string of the molecule is COC(=O)CC1C(=O)NCCN1CC(=O)Nc1cc(C(C)(C)C)no1. The number of nitrogens with zero attached hydrogens (tertiary/aromatic N) is 2. The summed E-state index contributed by atoms with van der Waals surface area (Å²) in [6, 6.07) is 0.944. The number of methoxy groups -OCH3 is 1. The van der Waals surface area contributed by atoms with Crippen LogP contribution in [0, 0.1) is 0 Å². The van der Waals surface area contributed by atoms with Gasteiger partial charge in [0.2, 0.25) is 17.7 Å². The van der Waals surface area contributed by atoms with E-state index in [2.05, 4.69) is 20.5 Å². The Morgan fingerprint density at radius 3 is 2.80 bits per heavy atom. The van der Waals surface area contributed by atoms with Crippen molar-refractivity contribution in [3.05, 3.63) is 11.8 Å². The summed E-state index contributed by atoms with van der Waals surface area (Å²) in [6.45, 7) is 6.80. The summed E-state index contributed by atoms with van der Waals surface area (Å²) in [5, 5.41) is 9.25. The van der Waals surface area contributed by atoms with Crippen LogP contribution in [0.5, 0.6) is 0 Å². The van der Waals surface area contributed by atoms with Crippen LogP contribution in [-0.4, -0.2) is 60.6 Å². The standard InChI is InChI=1S/C16H24N4O5/c1-16(2,3)11-8-13(25-19-11)18-12(21)9-20-6-5-17-15(23)10(20)7-14(22)24-4/h8,10H,5-7,9H2,1-4H3,(H,17,23)(H,18,21). The van der Waals surface area contributed by atoms with Crippen molar-refractivity contribution in [3.63, 3.8) is 0 Å². The zero-order valence-electron chi connectivity index (χ0n) is 14.9. The van der Waals surface area contributed by atoms with Gasteiger partial charge in [0.1, 0.15) is 6.04 Å². The topological polar surface area (TPSA) is 114 Å². The number of hydrogen-bond donors (Lipinski definition) is 2. The summed E-state index contributed by atoms with van der Waals surface area (Å²) in [5.41, 5.74) is 0.534. The molecule has 1 aromatic rings. The minimum absolute atomic E-state index is 0.0410. The second-order valence-corrected chi connectivity index (χ2v) is 6.93. The fraction of sp³-hybridized carbons (Fsp3) is 0.625. The normalized spacial score (nSPS) is 18.6. The zero-order valence-corrected chi connectivity index (χ0v) is 14.9. The van der Waals surface area contributed by atoms with Crippen molar-refractivity contribution in [2.45, 2.75) is 38.6 Å². The van der Waals surface area contributed by atoms with E-state index in [-0.39, 0.29) is 36.1 Å². The Balaban J connectivity index is 1.98. The van der Waals surface area contributed by atoms with Crippen LogP contribution in [-0.2, 0) is 24.5 Å². The van der Waals surface area contributed by atoms with Crippen LogP contribution < -0.4 is 10.6 Å². The molecule has 1 aliphatic rings. The van der Waals surface area contributed by atoms with E-state index in [4.69, 9.17) is 4.52 Å². The molecule has 1 saturated heterocycles. The molecule has 0 bridgehead atoms. The lowest BCUT2D eigenvalue weighted by atomic mass is 9.92. The van der Waals surface area contributed by atoms with Gasteiger partial charge in [-0.2, -0.15) is 0 Å². The monoisotopic (exact) mass is 352 g/mol. The average Bonchev–Trinajstić information content (AvgIpc) is 2.99. The Morgan fingerprint density at radius 1 is 1.48 bits per heavy atom. The van der Waals surface area contributed by atoms with E-state index in [1.165, 1.54) is 7.11 Å². The quantitative estimate of drug-likeness (QED) is 0.731. The van der Waals surface area contributed by atoms with Gasteiger partial charge in [-0.05, 0) is 0 Å². The minimum atomic E-state index is -0.730. The van der Waals surface area contributed by atoms with Gasteiger partial charge in [-0.1, -0.05) is 25.9 Å². The Bertz CT molecular complexity index is 649. The molecule has 1 fully saturated rings. The first-order valence-electron chi connectivity index (χ1n) is 8.06. The first-order chi connectivity index (χ1) is 11.7. The number of hydrogen-bond acceptors (Lipinski definition) is 7. The molecule has 2 rings (SSSR count). The van der Waals surface area contributed by atoms with Crippen LogP contribution in [0.4, 0.5) is 5.88 Å². The molecule has 1 aromatic heterocycles. The molecule has 9 nitrogen and oxygen atoms in total. The Kier molecular flexibility index (Phi) is 5.78. The highest BCUT2D eigenvalue weighted by molar-refractivity contribution is 5.92. The van der Waals surface area contributed by atoms with Crippen molar-refractivity contribution >= 4 is 23.7 Å². The lowest BCUT2D eigenvalue weighted by Crippen LogP contribution is -2.57. The van der Waals surface area contributed by atoms with Gasteiger partial charge < -0.3 is 14.6 Å². The fourth-order valence-corrected chi connectivity index (χ4v) is 2.46. The average molecular weight is 352 g/mol. The number of aromatic nitrogens is 1. The molecule has 138 valence electrons. The number of rotatable bonds is 5. The number of amides is 2. The smallest absolute Gasteiger partial charge is 0.307 e. The van der Waals surface area contributed by atoms with Gasteiger partial charge in [0.05, 0.1) is 25.8 Å². The molecule has 0 radical (unpaired) electrons. The van der Waals surface area contributed by atoms with Gasteiger partial charge in [0, 0.05) is 24.6 Å². The molecule has 2 heterocycles. The van der Waals surface area contributed by atoms with E-state index < -0.39 is 12.0 Å². The van der Waals surface area contributed by atoms with Gasteiger partial charge in [-0.3, -0.25) is 24.6 Å². The predicted molar refractivity (Wildman–Crippen MR) is 88.8 cm³/mol. The third-order valence-electron chi connectivity index (χ3n) is 3.92. The molecule has 1 aliphatic heterocycles. The Labute approximate surface area is 146 Å². The molecule has 25 heavy (non-hydrogen) atoms. The number of ether oxygens (including phenoxy) is 1. The fourth-order valence-electron chi connectivity index (χ4n) is 2.46. The predicted octanol–water partition coefficient (Wildman–Crippen LogP) is 0.274. The van der Waals surface area contributed by atoms with E-state index in [0.29, 0.717) is 13.1 Å². The van der Waals surface area contributed by atoms with Crippen LogP contribution >= 0.6 is 0 Å². The van der Waals surface area contributed by atoms with Gasteiger partial charge in [-0.15, -0.1) is 0 Å². The van der Waals surface area contributed by atoms with E-state index in [1.807, 2.05) is 20.8 Å². The van der Waals surface area contributed by atoms with Gasteiger partial charge in [-0.25, -0.2) is 0 Å². The summed E-state index contributed by atoms with van der Waals surface area (Å²) >= 11 is 0. The number of nitrogens with one attached hydrogen (secondary N) is 2. The number of anilines is 1. The zero-order chi connectivity index (χ0) is 18.6. The summed E-state index contributed by atoms with van der Waals surface area (Å²) in [6.07, 6.45) is -0.105. The molecule has 1 atom stereocenters. The molecule has 0 aliphatic carbocycles. The van der Waals surface area contributed by atoms with Gasteiger partial charge in [0.15, 0.2) is 0 Å². The maximum atomic E-state index is 12.3. The van der Waals surface area contributed by atoms with Crippen molar-refractivity contribution in [1.29, 1.82) is 0 Å². The van der Waals surface area contributed by atoms with Crippen LogP contribution in [0.2, 0.25) is 0 Å². The third-order valence-corrected chi connectivity index (χ3v) is 3.92. The number of esters is 1. The number of carbonyl (C=O) groups excluding carboxylic acids is 3. The molecule has 2 amide bonds. The number of carbonyl (C=O) groups is 3. The number of piperazine rings is 1. The van der Waals surface area contributed by atoms with E-state index >= 15 is 0 Å². The van der Waals surface area contributed by atoms with Crippen LogP contribution in [0.15, 0.2) is 10.6 Å². The second-order valence-electron chi connectivity index (χ2n) is 6.93. The van der Waals surface area contributed by atoms with Crippen molar-refractivity contribution in [2.24, 2.45) is 0 Å². The van der Waals surface area contributed by atoms with Crippen LogP contribution in [0.3, 0.4) is 0 Å². The summed E-state index contributed by atoms with van der Waals surface area (Å²) in [5.74, 6) is -0.890. The lowest BCUT2D eigenvalue weighted by molar-refractivity contribution is -0.146. The maximum Gasteiger partial charge on any atom is 0.307 e. The Hall–Kier alpha value is -2.42. The first kappa shape index (κ1) is 18.9. The van der Waals surface area contributed by atoms with E-state index in [9.17, 15) is 14.4 Å². The Morgan fingerprint density at radius 2 is 2.20 bits per heavy atom. The molecule has 9 heteroatoms. The van der Waals surface area contributed by atoms with E-state index in [0.717, 1.165) is 5.69 Å². The van der Waals surface area contributed by atoms with Crippen molar-refractivity contribution < 1.29 is 23.6 Å². The molecular formula is C16H24N4O5. The molecule has 2 N–H and O–H groups in total. The summed E-state index contributed by atoms with van der Waals surface area (Å²) < 4.78 is 9.74. The maximum absolute atomic E-state index is 12.3. The molecular weight excluding hydrogens is 328 g/mol. The van der Waals surface area contributed by atoms with Gasteiger partial charge in [0.25, 0.3) is 0 Å². The molecule has 0 aromatic carbocycles. The highest BCUT2D eigenvalue weighted by Gasteiger charge is 2.33. The summed E-state index contributed by atoms with van der Waals surface area (Å²) in [4.78, 5) is 37.4.